The molecule has 1 heterocycles. The molecule has 2 nitrogen and oxygen atoms in total. The maximum Gasteiger partial charge on any atom is 0.0455 e. The zero-order chi connectivity index (χ0) is 14.8. The van der Waals surface area contributed by atoms with Gasteiger partial charge in [0, 0.05) is 24.2 Å². The van der Waals surface area contributed by atoms with Crippen LogP contribution in [0, 0.1) is 24.2 Å². The van der Waals surface area contributed by atoms with E-state index < -0.39 is 0 Å². The Kier molecular flexibility index (Phi) is 4.64. The van der Waals surface area contributed by atoms with Crippen LogP contribution in [0.15, 0.2) is 29.3 Å². The van der Waals surface area contributed by atoms with Crippen molar-refractivity contribution in [2.75, 3.05) is 13.1 Å². The van der Waals surface area contributed by atoms with E-state index in [1.54, 1.807) is 0 Å². The van der Waals surface area contributed by atoms with Gasteiger partial charge in [-0.2, -0.15) is 0 Å². The largest absolute Gasteiger partial charge is 0.326 e. The predicted octanol–water partition coefficient (Wildman–Crippen LogP) is 3.62. The molecule has 0 saturated heterocycles. The number of aliphatic imine (C=N–C) groups is 1. The third-order valence-corrected chi connectivity index (χ3v) is 5.18. The molecular weight excluding hydrogens is 244 g/mol. The molecule has 2 unspecified atom stereocenters. The van der Waals surface area contributed by atoms with Gasteiger partial charge in [0.05, 0.1) is 0 Å². The van der Waals surface area contributed by atoms with Crippen LogP contribution in [-0.2, 0) is 6.42 Å². The van der Waals surface area contributed by atoms with Gasteiger partial charge in [0.2, 0.25) is 0 Å². The average molecular weight is 272 g/mol. The van der Waals surface area contributed by atoms with Crippen LogP contribution in [0.2, 0.25) is 0 Å². The van der Waals surface area contributed by atoms with Gasteiger partial charge in [-0.15, -0.1) is 0 Å². The molecule has 1 aliphatic heterocycles. The summed E-state index contributed by atoms with van der Waals surface area (Å²) in [6, 6.07) is 8.75. The minimum Gasteiger partial charge on any atom is -0.326 e. The normalized spacial score (nSPS) is 24.0. The van der Waals surface area contributed by atoms with Crippen molar-refractivity contribution < 1.29 is 0 Å². The van der Waals surface area contributed by atoms with E-state index in [0.717, 1.165) is 19.4 Å². The number of hydrogen-bond acceptors (Lipinski definition) is 2. The lowest BCUT2D eigenvalue weighted by atomic mass is 9.66. The van der Waals surface area contributed by atoms with Crippen LogP contribution in [0.1, 0.15) is 38.3 Å². The predicted molar refractivity (Wildman–Crippen MR) is 87.3 cm³/mol. The number of nitrogens with zero attached hydrogens (tertiary/aromatic N) is 1. The summed E-state index contributed by atoms with van der Waals surface area (Å²) in [6.45, 7) is 10.8. The Bertz CT molecular complexity index is 490. The fraction of sp³-hybridized carbons (Fsp3) is 0.611. The van der Waals surface area contributed by atoms with E-state index in [1.165, 1.54) is 16.8 Å². The molecule has 2 atom stereocenters. The Balaban J connectivity index is 2.27. The molecule has 20 heavy (non-hydrogen) atoms. The molecular formula is C18H28N2. The summed E-state index contributed by atoms with van der Waals surface area (Å²) in [5, 5.41) is 0. The van der Waals surface area contributed by atoms with Crippen molar-refractivity contribution in [3.63, 3.8) is 0 Å². The maximum absolute atomic E-state index is 5.82. The number of hydrogen-bond donors (Lipinski definition) is 1. The third-order valence-electron chi connectivity index (χ3n) is 5.18. The summed E-state index contributed by atoms with van der Waals surface area (Å²) in [5.41, 5.74) is 10.1. The van der Waals surface area contributed by atoms with Crippen molar-refractivity contribution in [3.8, 4) is 0 Å². The highest BCUT2D eigenvalue weighted by Crippen LogP contribution is 2.43. The number of aryl methyl sites for hydroxylation is 1. The highest BCUT2D eigenvalue weighted by molar-refractivity contribution is 5.88. The average Bonchev–Trinajstić information content (AvgIpc) is 2.85. The van der Waals surface area contributed by atoms with Gasteiger partial charge in [-0.3, -0.25) is 4.99 Å². The summed E-state index contributed by atoms with van der Waals surface area (Å²) < 4.78 is 0. The highest BCUT2D eigenvalue weighted by atomic mass is 14.8. The van der Waals surface area contributed by atoms with Gasteiger partial charge in [0.1, 0.15) is 0 Å². The van der Waals surface area contributed by atoms with Crippen LogP contribution < -0.4 is 5.73 Å². The lowest BCUT2D eigenvalue weighted by Gasteiger charge is -2.38. The Morgan fingerprint density at radius 3 is 2.50 bits per heavy atom. The zero-order valence-corrected chi connectivity index (χ0v) is 13.3. The molecule has 0 spiro atoms. The SMILES string of the molecule is Cc1ccccc1CC1(C(C)C(C)C)CN=C(CN)C1. The first-order valence-electron chi connectivity index (χ1n) is 7.75. The Hall–Kier alpha value is -1.15. The monoisotopic (exact) mass is 272 g/mol. The molecule has 2 N–H and O–H groups in total. The Labute approximate surface area is 123 Å². The number of benzene rings is 1. The number of nitrogens with two attached hydrogens (primary N) is 1. The van der Waals surface area contributed by atoms with Crippen molar-refractivity contribution in [2.24, 2.45) is 28.0 Å². The first-order chi connectivity index (χ1) is 9.48. The van der Waals surface area contributed by atoms with E-state index in [1.807, 2.05) is 0 Å². The van der Waals surface area contributed by atoms with Gasteiger partial charge in [0.25, 0.3) is 0 Å². The molecule has 0 fully saturated rings. The topological polar surface area (TPSA) is 38.4 Å². The van der Waals surface area contributed by atoms with Gasteiger partial charge >= 0.3 is 0 Å². The van der Waals surface area contributed by atoms with E-state index in [0.29, 0.717) is 18.4 Å². The minimum absolute atomic E-state index is 0.259. The Morgan fingerprint density at radius 2 is 1.95 bits per heavy atom. The molecule has 110 valence electrons. The molecule has 0 bridgehead atoms. The van der Waals surface area contributed by atoms with Crippen molar-refractivity contribution >= 4 is 5.71 Å². The van der Waals surface area contributed by atoms with Crippen LogP contribution in [0.4, 0.5) is 0 Å². The second kappa shape index (κ2) is 6.09. The lowest BCUT2D eigenvalue weighted by Crippen LogP contribution is -2.36. The standard InChI is InChI=1S/C18H28N2/c1-13(2)15(4)18(10-17(11-19)20-12-18)9-16-8-6-5-7-14(16)3/h5-8,13,15H,9-12,19H2,1-4H3. The highest BCUT2D eigenvalue weighted by Gasteiger charge is 2.41. The van der Waals surface area contributed by atoms with Crippen LogP contribution in [0.3, 0.4) is 0 Å². The molecule has 2 rings (SSSR count). The minimum atomic E-state index is 0.259. The summed E-state index contributed by atoms with van der Waals surface area (Å²) in [5.74, 6) is 1.32. The van der Waals surface area contributed by atoms with Crippen molar-refractivity contribution in [3.05, 3.63) is 35.4 Å². The van der Waals surface area contributed by atoms with Crippen LogP contribution in [0.5, 0.6) is 0 Å². The Morgan fingerprint density at radius 1 is 1.25 bits per heavy atom. The zero-order valence-electron chi connectivity index (χ0n) is 13.3. The van der Waals surface area contributed by atoms with E-state index in [4.69, 9.17) is 10.7 Å². The molecule has 0 amide bonds. The van der Waals surface area contributed by atoms with Crippen molar-refractivity contribution in [1.29, 1.82) is 0 Å². The summed E-state index contributed by atoms with van der Waals surface area (Å²) >= 11 is 0. The molecule has 0 aromatic heterocycles. The second-order valence-electron chi connectivity index (χ2n) is 6.76. The van der Waals surface area contributed by atoms with Gasteiger partial charge < -0.3 is 5.73 Å². The first-order valence-corrected chi connectivity index (χ1v) is 7.75. The van der Waals surface area contributed by atoms with E-state index in [2.05, 4.69) is 52.0 Å². The summed E-state index contributed by atoms with van der Waals surface area (Å²) in [7, 11) is 0. The maximum atomic E-state index is 5.82. The molecule has 1 aliphatic rings. The molecule has 2 heteroatoms. The fourth-order valence-corrected chi connectivity index (χ4v) is 3.40. The summed E-state index contributed by atoms with van der Waals surface area (Å²) in [6.07, 6.45) is 2.18. The molecule has 0 aliphatic carbocycles. The first kappa shape index (κ1) is 15.2. The molecule has 0 radical (unpaired) electrons. The molecule has 1 aromatic rings. The third kappa shape index (κ3) is 2.95. The van der Waals surface area contributed by atoms with Crippen LogP contribution in [0.25, 0.3) is 0 Å². The lowest BCUT2D eigenvalue weighted by molar-refractivity contribution is 0.155. The van der Waals surface area contributed by atoms with Crippen molar-refractivity contribution in [1.82, 2.24) is 0 Å². The smallest absolute Gasteiger partial charge is 0.0455 e. The van der Waals surface area contributed by atoms with Gasteiger partial charge in [-0.05, 0) is 42.7 Å². The van der Waals surface area contributed by atoms with Gasteiger partial charge in [-0.1, -0.05) is 45.0 Å². The van der Waals surface area contributed by atoms with E-state index >= 15 is 0 Å². The van der Waals surface area contributed by atoms with Gasteiger partial charge in [-0.25, -0.2) is 0 Å². The summed E-state index contributed by atoms with van der Waals surface area (Å²) in [4.78, 5) is 4.73. The van der Waals surface area contributed by atoms with E-state index in [-0.39, 0.29) is 5.41 Å². The van der Waals surface area contributed by atoms with Crippen LogP contribution >= 0.6 is 0 Å². The van der Waals surface area contributed by atoms with E-state index in [9.17, 15) is 0 Å². The van der Waals surface area contributed by atoms with Crippen LogP contribution in [-0.4, -0.2) is 18.8 Å². The quantitative estimate of drug-likeness (QED) is 0.873. The number of rotatable bonds is 5. The second-order valence-corrected chi connectivity index (χ2v) is 6.76. The van der Waals surface area contributed by atoms with Crippen molar-refractivity contribution in [2.45, 2.75) is 40.5 Å². The molecule has 0 saturated carbocycles. The fourth-order valence-electron chi connectivity index (χ4n) is 3.40. The molecule has 1 aromatic carbocycles. The van der Waals surface area contributed by atoms with Gasteiger partial charge in [0.15, 0.2) is 0 Å².